The van der Waals surface area contributed by atoms with E-state index in [0.717, 1.165) is 5.57 Å². The Labute approximate surface area is 336 Å². The number of hydrogen-bond acceptors (Lipinski definition) is 14. The van der Waals surface area contributed by atoms with Gasteiger partial charge in [-0.25, -0.2) is 0 Å². The van der Waals surface area contributed by atoms with E-state index in [9.17, 15) is 30.3 Å². The number of likely N-dealkylation sites (N-methyl/N-ethyl adjacent to an activating group) is 2. The Bertz CT molecular complexity index is 1280. The van der Waals surface area contributed by atoms with Crippen LogP contribution in [0.3, 0.4) is 0 Å². The zero-order valence-corrected chi connectivity index (χ0v) is 37.0. The van der Waals surface area contributed by atoms with E-state index >= 15 is 0 Å². The first-order chi connectivity index (χ1) is 25.8. The lowest BCUT2D eigenvalue weighted by Gasteiger charge is -2.49. The number of rotatable bonds is 9. The highest BCUT2D eigenvalue weighted by atomic mass is 16.7. The van der Waals surface area contributed by atoms with Gasteiger partial charge in [-0.15, -0.1) is 0 Å². The van der Waals surface area contributed by atoms with Gasteiger partial charge in [0.2, 0.25) is 0 Å². The second kappa shape index (κ2) is 19.9. The van der Waals surface area contributed by atoms with Gasteiger partial charge in [-0.3, -0.25) is 9.69 Å². The molecule has 3 aliphatic heterocycles. The Morgan fingerprint density at radius 1 is 1.00 bits per heavy atom. The van der Waals surface area contributed by atoms with Crippen LogP contribution in [-0.2, 0) is 33.2 Å². The molecule has 56 heavy (non-hydrogen) atoms. The van der Waals surface area contributed by atoms with Crippen molar-refractivity contribution in [2.75, 3.05) is 34.3 Å². The van der Waals surface area contributed by atoms with Gasteiger partial charge in [-0.2, -0.15) is 0 Å². The highest BCUT2D eigenvalue weighted by Crippen LogP contribution is 2.40. The third kappa shape index (κ3) is 11.3. The van der Waals surface area contributed by atoms with E-state index in [2.05, 4.69) is 4.90 Å². The van der Waals surface area contributed by atoms with Gasteiger partial charge in [0.25, 0.3) is 0 Å². The Kier molecular flexibility index (Phi) is 17.4. The summed E-state index contributed by atoms with van der Waals surface area (Å²) in [5.41, 5.74) is -3.26. The molecule has 3 rings (SSSR count). The van der Waals surface area contributed by atoms with E-state index in [1.54, 1.807) is 41.5 Å². The van der Waals surface area contributed by atoms with Gasteiger partial charge >= 0.3 is 5.97 Å². The van der Waals surface area contributed by atoms with Crippen LogP contribution in [0.1, 0.15) is 109 Å². The number of carbonyl (C=O) groups excluding carboxylic acids is 1. The van der Waals surface area contributed by atoms with Crippen LogP contribution in [0.2, 0.25) is 0 Å². The standard InChI is InChI=1S/C42H78N2O12/c1-16-23(3)21-44(14)30-18-25(5)52-39(33(30)45)56-37-26(6)34(55-32-20-41(11,51-15)36(47)29(9)53-32)27(7)38(48)54-31(17-2)42(12,50)35(46)28(8)43(13)22-24(4)19-40(37,10)49/h16,24-37,39,45-47,49-50H,17-22H2,1-15H3/b23-16+/t24-,25-,26+,27-,28-,29+,30+,31-,32+,33-,34+,35-,36+,37-,39+,40-,41-,42-/m1/s1. The predicted octanol–water partition coefficient (Wildman–Crippen LogP) is 3.24. The van der Waals surface area contributed by atoms with Crippen LogP contribution < -0.4 is 0 Å². The maximum Gasteiger partial charge on any atom is 0.311 e. The predicted molar refractivity (Wildman–Crippen MR) is 213 cm³/mol. The molecule has 18 atom stereocenters. The summed E-state index contributed by atoms with van der Waals surface area (Å²) in [4.78, 5) is 18.3. The fraction of sp³-hybridized carbons (Fsp3) is 0.929. The quantitative estimate of drug-likeness (QED) is 0.170. The monoisotopic (exact) mass is 803 g/mol. The number of hydrogen-bond donors (Lipinski definition) is 5. The summed E-state index contributed by atoms with van der Waals surface area (Å²) in [5, 5.41) is 58.8. The molecule has 0 radical (unpaired) electrons. The van der Waals surface area contributed by atoms with E-state index in [1.807, 2.05) is 59.7 Å². The number of esters is 1. The van der Waals surface area contributed by atoms with Gasteiger partial charge in [-0.05, 0) is 102 Å². The van der Waals surface area contributed by atoms with E-state index in [0.29, 0.717) is 19.5 Å². The summed E-state index contributed by atoms with van der Waals surface area (Å²) in [5.74, 6) is -2.62. The molecule has 3 saturated heterocycles. The number of cyclic esters (lactones) is 1. The number of aliphatic hydroxyl groups excluding tert-OH is 3. The second-order valence-electron chi connectivity index (χ2n) is 18.3. The fourth-order valence-corrected chi connectivity index (χ4v) is 9.26. The van der Waals surface area contributed by atoms with Gasteiger partial charge in [0.15, 0.2) is 12.6 Å². The second-order valence-corrected chi connectivity index (χ2v) is 18.3. The third-order valence-corrected chi connectivity index (χ3v) is 13.1. The first-order valence-corrected chi connectivity index (χ1v) is 20.7. The van der Waals surface area contributed by atoms with Crippen molar-refractivity contribution in [3.8, 4) is 0 Å². The van der Waals surface area contributed by atoms with Crippen molar-refractivity contribution in [3.63, 3.8) is 0 Å². The average Bonchev–Trinajstić information content (AvgIpc) is 3.12. The molecule has 14 heteroatoms. The van der Waals surface area contributed by atoms with E-state index < -0.39 is 96.0 Å². The number of methoxy groups -OCH3 is 1. The van der Waals surface area contributed by atoms with E-state index in [1.165, 1.54) is 14.0 Å². The van der Waals surface area contributed by atoms with Crippen molar-refractivity contribution in [1.29, 1.82) is 0 Å². The minimum Gasteiger partial charge on any atom is -0.459 e. The van der Waals surface area contributed by atoms with Crippen LogP contribution in [0.5, 0.6) is 0 Å². The van der Waals surface area contributed by atoms with Gasteiger partial charge < -0.3 is 58.9 Å². The van der Waals surface area contributed by atoms with Crippen molar-refractivity contribution in [3.05, 3.63) is 11.6 Å². The molecule has 0 aromatic carbocycles. The van der Waals surface area contributed by atoms with Crippen LogP contribution in [0.4, 0.5) is 0 Å². The van der Waals surface area contributed by atoms with Crippen molar-refractivity contribution < 1.29 is 58.7 Å². The van der Waals surface area contributed by atoms with Crippen LogP contribution in [-0.4, -0.2) is 166 Å². The third-order valence-electron chi connectivity index (χ3n) is 13.1. The highest BCUT2D eigenvalue weighted by Gasteiger charge is 2.52. The van der Waals surface area contributed by atoms with Crippen molar-refractivity contribution in [2.24, 2.45) is 17.8 Å². The van der Waals surface area contributed by atoms with Crippen molar-refractivity contribution in [1.82, 2.24) is 9.80 Å². The van der Waals surface area contributed by atoms with Gasteiger partial charge in [0.05, 0.1) is 41.5 Å². The smallest absolute Gasteiger partial charge is 0.311 e. The van der Waals surface area contributed by atoms with Crippen molar-refractivity contribution >= 4 is 5.97 Å². The first-order valence-electron chi connectivity index (χ1n) is 20.7. The largest absolute Gasteiger partial charge is 0.459 e. The summed E-state index contributed by atoms with van der Waals surface area (Å²) in [6, 6.07) is -0.852. The number of nitrogens with zero attached hydrogens (tertiary/aromatic N) is 2. The number of ether oxygens (including phenoxy) is 6. The fourth-order valence-electron chi connectivity index (χ4n) is 9.26. The summed E-state index contributed by atoms with van der Waals surface area (Å²) >= 11 is 0. The molecule has 0 unspecified atom stereocenters. The molecular formula is C42H78N2O12. The molecule has 0 saturated carbocycles. The minimum atomic E-state index is -1.81. The lowest BCUT2D eigenvalue weighted by atomic mass is 9.77. The summed E-state index contributed by atoms with van der Waals surface area (Å²) in [6.45, 7) is 22.8. The van der Waals surface area contributed by atoms with Gasteiger partial charge in [0.1, 0.15) is 30.0 Å². The zero-order valence-electron chi connectivity index (χ0n) is 37.0. The molecule has 0 amide bonds. The Hall–Kier alpha value is -1.27. The normalized spacial score (nSPS) is 47.3. The first kappa shape index (κ1) is 49.1. The lowest BCUT2D eigenvalue weighted by Crippen LogP contribution is -2.61. The number of aliphatic hydroxyl groups is 5. The Morgan fingerprint density at radius 3 is 2.20 bits per heavy atom. The minimum absolute atomic E-state index is 0.128. The molecule has 0 aromatic heterocycles. The van der Waals surface area contributed by atoms with Gasteiger partial charge in [-0.1, -0.05) is 32.4 Å². The van der Waals surface area contributed by atoms with E-state index in [-0.39, 0.29) is 37.3 Å². The van der Waals surface area contributed by atoms with Gasteiger partial charge in [0, 0.05) is 44.6 Å². The topological polar surface area (TPSA) is 180 Å². The SMILES string of the molecule is C/C=C(\C)CN(C)[C@H]1C[C@@H](C)O[C@@H](O[C@@H]2[C@@H](C)[C@H](O[C@H]3C[C@@](C)(OC)[C@@H](O)[C@H](C)O3)[C@@H](C)C(=O)O[C@H](CC)[C@@](C)(O)[C@H](O)[C@@H](C)N(C)C[C@H](C)C[C@@]2(C)O)[C@@H]1O. The molecule has 3 aliphatic rings. The molecule has 0 spiro atoms. The maximum absolute atomic E-state index is 14.3. The van der Waals surface area contributed by atoms with Crippen LogP contribution in [0.15, 0.2) is 11.6 Å². The zero-order chi connectivity index (χ0) is 42.7. The summed E-state index contributed by atoms with van der Waals surface area (Å²) < 4.78 is 37.9. The molecule has 0 bridgehead atoms. The van der Waals surface area contributed by atoms with Crippen LogP contribution in [0, 0.1) is 17.8 Å². The summed E-state index contributed by atoms with van der Waals surface area (Å²) in [7, 11) is 5.32. The number of carbonyl (C=O) groups is 1. The van der Waals surface area contributed by atoms with E-state index in [4.69, 9.17) is 28.4 Å². The van der Waals surface area contributed by atoms with Crippen molar-refractivity contribution in [2.45, 2.75) is 199 Å². The molecule has 0 aliphatic carbocycles. The lowest BCUT2D eigenvalue weighted by molar-refractivity contribution is -0.318. The summed E-state index contributed by atoms with van der Waals surface area (Å²) in [6.07, 6.45) is -6.33. The molecule has 3 heterocycles. The molecule has 3 fully saturated rings. The molecule has 14 nitrogen and oxygen atoms in total. The van der Waals surface area contributed by atoms with Crippen LogP contribution >= 0.6 is 0 Å². The highest BCUT2D eigenvalue weighted by molar-refractivity contribution is 5.73. The Morgan fingerprint density at radius 2 is 1.62 bits per heavy atom. The average molecular weight is 803 g/mol. The molecular weight excluding hydrogens is 724 g/mol. The maximum atomic E-state index is 14.3. The van der Waals surface area contributed by atoms with Crippen LogP contribution in [0.25, 0.3) is 0 Å². The molecule has 0 aromatic rings. The number of allylic oxidation sites excluding steroid dienone is 1. The molecule has 328 valence electrons. The molecule has 5 N–H and O–H groups in total. The Balaban J connectivity index is 2.18.